The Morgan fingerprint density at radius 1 is 0.633 bits per heavy atom. The molecule has 10 N–H and O–H groups in total. The number of amides is 6. The van der Waals surface area contributed by atoms with E-state index in [1.165, 1.54) is 87.6 Å². The van der Waals surface area contributed by atoms with Crippen LogP contribution in [0.15, 0.2) is 11.8 Å². The van der Waals surface area contributed by atoms with E-state index >= 15 is 0 Å². The number of hydrogen-bond donors (Lipinski definition) is 8. The summed E-state index contributed by atoms with van der Waals surface area (Å²) in [6.45, 7) is 24.5. The predicted octanol–water partition coefficient (Wildman–Crippen LogP) is 1.65. The molecule has 456 valence electrons. The lowest BCUT2D eigenvalue weighted by Gasteiger charge is -2.47. The van der Waals surface area contributed by atoms with Crippen LogP contribution in [0.1, 0.15) is 135 Å². The van der Waals surface area contributed by atoms with E-state index in [9.17, 15) is 58.2 Å². The van der Waals surface area contributed by atoms with Crippen LogP contribution >= 0.6 is 0 Å². The third kappa shape index (κ3) is 22.0. The molecule has 0 aromatic heterocycles. The molecule has 0 aliphatic heterocycles. The number of rotatable bonds is 30. The number of ether oxygens (including phenoxy) is 1. The van der Waals surface area contributed by atoms with E-state index in [4.69, 9.17) is 16.6 Å². The zero-order valence-corrected chi connectivity index (χ0v) is 51.3. The lowest BCUT2D eigenvalue weighted by molar-refractivity contribution is -0.168. The van der Waals surface area contributed by atoms with E-state index in [1.54, 1.807) is 47.7 Å². The highest BCUT2D eigenvalue weighted by Gasteiger charge is 2.58. The summed E-state index contributed by atoms with van der Waals surface area (Å²) in [7, 11) is 10.3. The minimum absolute atomic E-state index is 0.0247. The second kappa shape index (κ2) is 35.1. The van der Waals surface area contributed by atoms with Crippen molar-refractivity contribution in [3.05, 3.63) is 11.8 Å². The van der Waals surface area contributed by atoms with Crippen LogP contribution in [0.2, 0.25) is 0 Å². The number of carbonyl (C=O) groups is 10. The summed E-state index contributed by atoms with van der Waals surface area (Å²) in [5, 5.41) is 37.7. The molecular weight excluding hydrogens is 1020 g/mol. The maximum atomic E-state index is 14.7. The number of esters is 1. The predicted molar refractivity (Wildman–Crippen MR) is 301 cm³/mol. The Bertz CT molecular complexity index is 2060. The number of nitrogens with one attached hydrogen (secondary N) is 3. The summed E-state index contributed by atoms with van der Waals surface area (Å²) < 4.78 is 4.29. The van der Waals surface area contributed by atoms with Gasteiger partial charge in [-0.3, -0.25) is 43.2 Å². The maximum absolute atomic E-state index is 14.7. The van der Waals surface area contributed by atoms with Crippen LogP contribution in [0, 0.1) is 29.6 Å². The highest BCUT2D eigenvalue weighted by molar-refractivity contribution is 6.12. The average molecular weight is 1130 g/mol. The smallest absolute Gasteiger partial charge is 0.340 e. The molecule has 1 rings (SSSR count). The molecule has 1 aliphatic carbocycles. The van der Waals surface area contributed by atoms with Crippen LogP contribution in [-0.2, 0) is 52.7 Å². The Morgan fingerprint density at radius 3 is 1.37 bits per heavy atom. The molecule has 0 aromatic rings. The minimum Gasteiger partial charge on any atom is -0.480 e. The van der Waals surface area contributed by atoms with Crippen molar-refractivity contribution < 1.29 is 68.0 Å². The fourth-order valence-electron chi connectivity index (χ4n) is 8.72. The molecule has 6 amide bonds. The molecule has 0 spiro atoms. The number of carboxylic acid groups (broad SMARTS) is 2. The highest BCUT2D eigenvalue weighted by atomic mass is 16.5. The third-order valence-electron chi connectivity index (χ3n) is 13.9. The van der Waals surface area contributed by atoms with Gasteiger partial charge in [0.1, 0.15) is 36.3 Å². The normalized spacial score (nSPS) is 16.2. The van der Waals surface area contributed by atoms with Crippen molar-refractivity contribution in [1.29, 1.82) is 0 Å². The minimum atomic E-state index is -2.42. The molecule has 1 aliphatic rings. The summed E-state index contributed by atoms with van der Waals surface area (Å²) in [6, 6.07) is -8.25. The summed E-state index contributed by atoms with van der Waals surface area (Å²) in [4.78, 5) is 137. The maximum Gasteiger partial charge on any atom is 0.340 e. The molecule has 24 nitrogen and oxygen atoms in total. The molecule has 0 fully saturated rings. The van der Waals surface area contributed by atoms with E-state index in [2.05, 4.69) is 20.7 Å². The lowest BCUT2D eigenvalue weighted by Crippen LogP contribution is -2.70. The first kappa shape index (κ1) is 75.4. The Balaban J connectivity index is 0. The van der Waals surface area contributed by atoms with Gasteiger partial charge >= 0.3 is 17.9 Å². The second-order valence-corrected chi connectivity index (χ2v) is 22.5. The van der Waals surface area contributed by atoms with Crippen molar-refractivity contribution in [2.45, 2.75) is 195 Å². The van der Waals surface area contributed by atoms with Gasteiger partial charge in [0.05, 0.1) is 31.8 Å². The van der Waals surface area contributed by atoms with Crippen molar-refractivity contribution in [2.75, 3.05) is 55.9 Å². The Hall–Kier alpha value is -5.72. The number of aliphatic hydroxyl groups excluding tert-OH is 1. The van der Waals surface area contributed by atoms with Gasteiger partial charge in [0, 0.05) is 40.9 Å². The first-order chi connectivity index (χ1) is 36.3. The summed E-state index contributed by atoms with van der Waals surface area (Å²) >= 11 is 0. The number of ketones is 1. The van der Waals surface area contributed by atoms with Crippen molar-refractivity contribution in [2.24, 2.45) is 41.1 Å². The van der Waals surface area contributed by atoms with Gasteiger partial charge in [0.25, 0.3) is 0 Å². The van der Waals surface area contributed by atoms with Gasteiger partial charge < -0.3 is 72.0 Å². The van der Waals surface area contributed by atoms with Crippen LogP contribution in [0.5, 0.6) is 0 Å². The summed E-state index contributed by atoms with van der Waals surface area (Å²) in [6.07, 6.45) is 2.48. The first-order valence-electron chi connectivity index (χ1n) is 27.3. The van der Waals surface area contributed by atoms with Gasteiger partial charge in [-0.1, -0.05) is 82.2 Å². The molecule has 10 atom stereocenters. The van der Waals surface area contributed by atoms with E-state index in [1.807, 2.05) is 41.5 Å². The number of aliphatic carboxylic acids is 2. The van der Waals surface area contributed by atoms with Crippen LogP contribution in [0.3, 0.4) is 0 Å². The second-order valence-electron chi connectivity index (χ2n) is 22.5. The highest BCUT2D eigenvalue weighted by Crippen LogP contribution is 2.35. The molecule has 0 heterocycles. The lowest BCUT2D eigenvalue weighted by atomic mass is 9.78. The number of likely N-dealkylation sites (N-methyl/N-ethyl adjacent to an activating group) is 6. The van der Waals surface area contributed by atoms with E-state index < -0.39 is 119 Å². The van der Waals surface area contributed by atoms with Crippen molar-refractivity contribution >= 4 is 59.1 Å². The summed E-state index contributed by atoms with van der Waals surface area (Å²) in [5.74, 6) is -8.03. The van der Waals surface area contributed by atoms with Gasteiger partial charge in [-0.25, -0.2) is 4.79 Å². The van der Waals surface area contributed by atoms with Gasteiger partial charge in [-0.15, -0.1) is 0 Å². The SMILES string of the molecule is CC(C)CC(C(=O)N(C)C(CC(C)C)C(=O)N(C)C(C(=O)[C@@](C(=O)O)(C(C)O)N(C)C1=CCC1)C(C)C)N(C)C(=O)C(C)NC(=O)C(C)NC(=O)C(CC(C)C)N(C)C(=O)C(N)C(C)C.CCC(N)C(=O)O.CNCC(=O)OC. The molecular formula is C55H102N10O14. The zero-order valence-electron chi connectivity index (χ0n) is 51.3. The van der Waals surface area contributed by atoms with E-state index in [-0.39, 0.29) is 49.0 Å². The molecule has 0 bridgehead atoms. The Morgan fingerprint density at radius 2 is 1.05 bits per heavy atom. The number of nitrogens with two attached hydrogens (primary N) is 2. The van der Waals surface area contributed by atoms with Gasteiger partial charge in [-0.05, 0) is 95.9 Å². The monoisotopic (exact) mass is 1130 g/mol. The Kier molecular flexibility index (Phi) is 33.5. The number of carboxylic acids is 2. The number of aliphatic hydroxyl groups is 1. The molecule has 24 heteroatoms. The van der Waals surface area contributed by atoms with E-state index in [0.29, 0.717) is 31.4 Å². The average Bonchev–Trinajstić information content (AvgIpc) is 3.33. The quantitative estimate of drug-likeness (QED) is 0.0374. The van der Waals surface area contributed by atoms with Crippen molar-refractivity contribution in [3.8, 4) is 0 Å². The molecule has 0 aromatic carbocycles. The van der Waals surface area contributed by atoms with Gasteiger partial charge in [0.15, 0.2) is 5.78 Å². The fraction of sp³-hybridized carbons (Fsp3) is 0.782. The van der Waals surface area contributed by atoms with Crippen LogP contribution in [0.4, 0.5) is 0 Å². The number of nitrogens with zero attached hydrogens (tertiary/aromatic N) is 5. The number of methoxy groups -OCH3 is 1. The van der Waals surface area contributed by atoms with Crippen LogP contribution in [-0.4, -0.2) is 215 Å². The van der Waals surface area contributed by atoms with Crippen LogP contribution in [0.25, 0.3) is 0 Å². The fourth-order valence-corrected chi connectivity index (χ4v) is 8.72. The van der Waals surface area contributed by atoms with Crippen molar-refractivity contribution in [1.82, 2.24) is 40.4 Å². The van der Waals surface area contributed by atoms with Gasteiger partial charge in [-0.2, -0.15) is 0 Å². The summed E-state index contributed by atoms with van der Waals surface area (Å²) in [5.41, 5.74) is 9.29. The van der Waals surface area contributed by atoms with Crippen LogP contribution < -0.4 is 27.4 Å². The third-order valence-corrected chi connectivity index (χ3v) is 13.9. The molecule has 0 radical (unpaired) electrons. The van der Waals surface area contributed by atoms with E-state index in [0.717, 1.165) is 0 Å². The van der Waals surface area contributed by atoms with Crippen molar-refractivity contribution in [3.63, 3.8) is 0 Å². The van der Waals surface area contributed by atoms with Gasteiger partial charge in [0.2, 0.25) is 41.0 Å². The first-order valence-corrected chi connectivity index (χ1v) is 27.3. The largest absolute Gasteiger partial charge is 0.480 e. The number of carbonyl (C=O) groups excluding carboxylic acids is 8. The standard InChI is InChI=1S/C47H84N8O10.2C4H9NO2/c1-25(2)22-34(51(14)45(63)37(48)28(7)8)41(59)49-30(11)40(58)50-31(12)42(60)52(15)35(23-26(3)4)43(61)53(16)36(24-27(5)6)44(62)54(17)38(29(9)10)39(57)47(32(13)56,46(64)65)55(18)33-20-19-21-33;1-5-3-4(6)7-2;1-2-3(5)4(6)7/h20,25-32,34-38,56H,19,21-24,48H2,1-18H3,(H,49,59)(H,50,58)(H,64,65);5H,3H2,1-2H3;3H,2,5H2,1H3,(H,6,7)/t30?,31?,32?,34?,35?,36?,37?,38?,47-;;/m1../s1. The molecule has 9 unspecified atom stereocenters. The molecule has 0 saturated carbocycles. The number of allylic oxidation sites excluding steroid dienone is 2. The topological polar surface area (TPSA) is 345 Å². The Labute approximate surface area is 470 Å². The molecule has 0 saturated heterocycles. The zero-order chi connectivity index (χ0) is 62.3. The number of hydrogen-bond acceptors (Lipinski definition) is 16. The number of Topliss-reactive ketones (excluding diaryl/α,β-unsaturated/α-hetero) is 1. The molecule has 79 heavy (non-hydrogen) atoms.